The van der Waals surface area contributed by atoms with Crippen LogP contribution in [0.25, 0.3) is 0 Å². The zero-order valence-corrected chi connectivity index (χ0v) is 9.74. The summed E-state index contributed by atoms with van der Waals surface area (Å²) in [5, 5.41) is 0. The summed E-state index contributed by atoms with van der Waals surface area (Å²) in [5.41, 5.74) is 1.12. The summed E-state index contributed by atoms with van der Waals surface area (Å²) in [5.74, 6) is -0.200. The SMILES string of the molecule is CCCc1cc(CC)c(C(=O)OC)s1. The lowest BCUT2D eigenvalue weighted by Gasteiger charge is -1.97. The van der Waals surface area contributed by atoms with E-state index >= 15 is 0 Å². The predicted molar refractivity (Wildman–Crippen MR) is 59.0 cm³/mol. The van der Waals surface area contributed by atoms with Gasteiger partial charge in [-0.3, -0.25) is 0 Å². The molecule has 1 aromatic rings. The van der Waals surface area contributed by atoms with Crippen LogP contribution in [0.3, 0.4) is 0 Å². The van der Waals surface area contributed by atoms with Crippen molar-refractivity contribution in [3.63, 3.8) is 0 Å². The highest BCUT2D eigenvalue weighted by Gasteiger charge is 2.14. The normalized spacial score (nSPS) is 10.2. The Morgan fingerprint density at radius 2 is 2.21 bits per heavy atom. The van der Waals surface area contributed by atoms with Crippen molar-refractivity contribution in [3.8, 4) is 0 Å². The zero-order chi connectivity index (χ0) is 10.6. The fraction of sp³-hybridized carbons (Fsp3) is 0.545. The molecule has 0 radical (unpaired) electrons. The second-order valence-electron chi connectivity index (χ2n) is 3.16. The largest absolute Gasteiger partial charge is 0.465 e. The second kappa shape index (κ2) is 5.15. The third-order valence-corrected chi connectivity index (χ3v) is 3.33. The molecule has 0 unspecified atom stereocenters. The summed E-state index contributed by atoms with van der Waals surface area (Å²) in [7, 11) is 1.43. The van der Waals surface area contributed by atoms with Crippen LogP contribution in [0.1, 0.15) is 40.4 Å². The van der Waals surface area contributed by atoms with Crippen molar-refractivity contribution in [3.05, 3.63) is 21.4 Å². The van der Waals surface area contributed by atoms with E-state index in [2.05, 4.69) is 19.9 Å². The number of ether oxygens (including phenoxy) is 1. The Balaban J connectivity index is 2.96. The second-order valence-corrected chi connectivity index (χ2v) is 4.30. The van der Waals surface area contributed by atoms with Gasteiger partial charge >= 0.3 is 5.97 Å². The van der Waals surface area contributed by atoms with E-state index in [4.69, 9.17) is 4.74 Å². The highest BCUT2D eigenvalue weighted by Crippen LogP contribution is 2.24. The van der Waals surface area contributed by atoms with E-state index in [0.29, 0.717) is 0 Å². The van der Waals surface area contributed by atoms with Crippen molar-refractivity contribution in [1.29, 1.82) is 0 Å². The van der Waals surface area contributed by atoms with Crippen molar-refractivity contribution in [2.24, 2.45) is 0 Å². The number of carbonyl (C=O) groups is 1. The highest BCUT2D eigenvalue weighted by molar-refractivity contribution is 7.14. The Hall–Kier alpha value is -0.830. The van der Waals surface area contributed by atoms with Gasteiger partial charge in [0.2, 0.25) is 0 Å². The van der Waals surface area contributed by atoms with Gasteiger partial charge < -0.3 is 4.74 Å². The Morgan fingerprint density at radius 1 is 1.50 bits per heavy atom. The Labute approximate surface area is 88.9 Å². The summed E-state index contributed by atoms with van der Waals surface area (Å²) < 4.78 is 4.74. The number of esters is 1. The molecule has 14 heavy (non-hydrogen) atoms. The van der Waals surface area contributed by atoms with Crippen LogP contribution < -0.4 is 0 Å². The zero-order valence-electron chi connectivity index (χ0n) is 8.92. The van der Waals surface area contributed by atoms with Gasteiger partial charge in [-0.05, 0) is 24.5 Å². The average Bonchev–Trinajstić information content (AvgIpc) is 2.60. The van der Waals surface area contributed by atoms with Crippen molar-refractivity contribution < 1.29 is 9.53 Å². The van der Waals surface area contributed by atoms with Gasteiger partial charge in [0.05, 0.1) is 7.11 Å². The first-order chi connectivity index (χ1) is 6.72. The van der Waals surface area contributed by atoms with Crippen LogP contribution in [-0.4, -0.2) is 13.1 Å². The van der Waals surface area contributed by atoms with E-state index in [1.807, 2.05) is 0 Å². The van der Waals surface area contributed by atoms with Crippen LogP contribution in [0.4, 0.5) is 0 Å². The lowest BCUT2D eigenvalue weighted by atomic mass is 10.1. The number of carbonyl (C=O) groups excluding carboxylic acids is 1. The summed E-state index contributed by atoms with van der Waals surface area (Å²) in [4.78, 5) is 13.5. The maximum absolute atomic E-state index is 11.4. The van der Waals surface area contributed by atoms with Gasteiger partial charge in [0.25, 0.3) is 0 Å². The topological polar surface area (TPSA) is 26.3 Å². The van der Waals surface area contributed by atoms with Crippen molar-refractivity contribution in [2.75, 3.05) is 7.11 Å². The first kappa shape index (κ1) is 11.2. The van der Waals surface area contributed by atoms with Gasteiger partial charge in [0.15, 0.2) is 0 Å². The summed E-state index contributed by atoms with van der Waals surface area (Å²) in [6.45, 7) is 4.20. The van der Waals surface area contributed by atoms with Gasteiger partial charge in [-0.15, -0.1) is 11.3 Å². The molecule has 3 heteroatoms. The van der Waals surface area contributed by atoms with Gasteiger partial charge in [-0.25, -0.2) is 4.79 Å². The molecular weight excluding hydrogens is 196 g/mol. The predicted octanol–water partition coefficient (Wildman–Crippen LogP) is 3.05. The molecule has 1 rings (SSSR count). The van der Waals surface area contributed by atoms with E-state index in [1.165, 1.54) is 12.0 Å². The minimum absolute atomic E-state index is 0.200. The van der Waals surface area contributed by atoms with Crippen LogP contribution in [0.15, 0.2) is 6.07 Å². The van der Waals surface area contributed by atoms with E-state index in [1.54, 1.807) is 11.3 Å². The molecule has 0 aliphatic heterocycles. The number of methoxy groups -OCH3 is 1. The third-order valence-electron chi connectivity index (χ3n) is 2.11. The molecule has 0 aliphatic rings. The number of aryl methyl sites for hydroxylation is 2. The first-order valence-electron chi connectivity index (χ1n) is 4.92. The summed E-state index contributed by atoms with van der Waals surface area (Å²) in [6, 6.07) is 2.13. The maximum Gasteiger partial charge on any atom is 0.348 e. The van der Waals surface area contributed by atoms with Gasteiger partial charge in [-0.2, -0.15) is 0 Å². The van der Waals surface area contributed by atoms with E-state index < -0.39 is 0 Å². The molecular formula is C11H16O2S. The summed E-state index contributed by atoms with van der Waals surface area (Å²) >= 11 is 1.57. The van der Waals surface area contributed by atoms with E-state index in [0.717, 1.165) is 29.7 Å². The molecule has 0 saturated carbocycles. The Kier molecular flexibility index (Phi) is 4.14. The van der Waals surface area contributed by atoms with Crippen LogP contribution in [0.5, 0.6) is 0 Å². The number of thiophene rings is 1. The number of hydrogen-bond acceptors (Lipinski definition) is 3. The molecule has 0 aromatic carbocycles. The van der Waals surface area contributed by atoms with Crippen LogP contribution in [-0.2, 0) is 17.6 Å². The number of rotatable bonds is 4. The highest BCUT2D eigenvalue weighted by atomic mass is 32.1. The molecule has 2 nitrogen and oxygen atoms in total. The molecule has 0 spiro atoms. The molecule has 0 N–H and O–H groups in total. The van der Waals surface area contributed by atoms with Crippen LogP contribution in [0.2, 0.25) is 0 Å². The van der Waals surface area contributed by atoms with Crippen LogP contribution in [0, 0.1) is 0 Å². The first-order valence-corrected chi connectivity index (χ1v) is 5.74. The molecule has 0 saturated heterocycles. The molecule has 1 aromatic heterocycles. The van der Waals surface area contributed by atoms with Gasteiger partial charge in [-0.1, -0.05) is 20.3 Å². The fourth-order valence-electron chi connectivity index (χ4n) is 1.38. The van der Waals surface area contributed by atoms with Gasteiger partial charge in [0, 0.05) is 4.88 Å². The monoisotopic (exact) mass is 212 g/mol. The van der Waals surface area contributed by atoms with E-state index in [9.17, 15) is 4.79 Å². The third kappa shape index (κ3) is 2.35. The molecule has 0 atom stereocenters. The van der Waals surface area contributed by atoms with E-state index in [-0.39, 0.29) is 5.97 Å². The van der Waals surface area contributed by atoms with Crippen LogP contribution >= 0.6 is 11.3 Å². The Bertz CT molecular complexity index is 315. The standard InChI is InChI=1S/C11H16O2S/c1-4-6-9-7-8(5-2)10(14-9)11(12)13-3/h7H,4-6H2,1-3H3. The van der Waals surface area contributed by atoms with Crippen molar-refractivity contribution in [2.45, 2.75) is 33.1 Å². The summed E-state index contributed by atoms with van der Waals surface area (Å²) in [6.07, 6.45) is 3.06. The fourth-order valence-corrected chi connectivity index (χ4v) is 2.65. The molecule has 0 fully saturated rings. The number of hydrogen-bond donors (Lipinski definition) is 0. The molecule has 0 aliphatic carbocycles. The quantitative estimate of drug-likeness (QED) is 0.717. The van der Waals surface area contributed by atoms with Crippen molar-refractivity contribution >= 4 is 17.3 Å². The average molecular weight is 212 g/mol. The van der Waals surface area contributed by atoms with Gasteiger partial charge in [0.1, 0.15) is 4.88 Å². The smallest absolute Gasteiger partial charge is 0.348 e. The lowest BCUT2D eigenvalue weighted by molar-refractivity contribution is 0.0605. The Morgan fingerprint density at radius 3 is 2.71 bits per heavy atom. The molecule has 78 valence electrons. The van der Waals surface area contributed by atoms with Crippen molar-refractivity contribution in [1.82, 2.24) is 0 Å². The minimum atomic E-state index is -0.200. The maximum atomic E-state index is 11.4. The molecule has 0 amide bonds. The molecule has 0 bridgehead atoms. The minimum Gasteiger partial charge on any atom is -0.465 e. The molecule has 1 heterocycles. The lowest BCUT2D eigenvalue weighted by Crippen LogP contribution is -2.00.